The van der Waals surface area contributed by atoms with Crippen molar-refractivity contribution in [3.63, 3.8) is 0 Å². The van der Waals surface area contributed by atoms with Crippen LogP contribution in [0.2, 0.25) is 0 Å². The van der Waals surface area contributed by atoms with Crippen molar-refractivity contribution in [1.29, 1.82) is 0 Å². The minimum Gasteiger partial charge on any atom is -0.483 e. The molecule has 0 saturated heterocycles. The van der Waals surface area contributed by atoms with Gasteiger partial charge >= 0.3 is 0 Å². The van der Waals surface area contributed by atoms with E-state index in [9.17, 15) is 17.6 Å². The van der Waals surface area contributed by atoms with Gasteiger partial charge in [-0.15, -0.1) is 0 Å². The van der Waals surface area contributed by atoms with E-state index in [0.29, 0.717) is 56.3 Å². The molecule has 0 aliphatic rings. The van der Waals surface area contributed by atoms with Gasteiger partial charge in [0.1, 0.15) is 51.8 Å². The lowest BCUT2D eigenvalue weighted by Crippen LogP contribution is -2.26. The molecular formula is C63H46F5N3O2. The molecule has 10 aromatic rings. The summed E-state index contributed by atoms with van der Waals surface area (Å²) in [6, 6.07) is 53.9. The Kier molecular flexibility index (Phi) is 13.0. The van der Waals surface area contributed by atoms with Gasteiger partial charge in [0.15, 0.2) is 0 Å². The van der Waals surface area contributed by atoms with E-state index in [1.165, 1.54) is 30.3 Å². The molecule has 0 bridgehead atoms. The Balaban J connectivity index is 1.08. The quantitative estimate of drug-likeness (QED) is 0.108. The van der Waals surface area contributed by atoms with E-state index in [1.54, 1.807) is 55.0 Å². The van der Waals surface area contributed by atoms with Gasteiger partial charge in [-0.3, -0.25) is 15.0 Å². The highest BCUT2D eigenvalue weighted by atomic mass is 19.1. The predicted octanol–water partition coefficient (Wildman–Crippen LogP) is 16.9. The molecule has 0 saturated carbocycles. The van der Waals surface area contributed by atoms with Crippen LogP contribution in [0.15, 0.2) is 207 Å². The van der Waals surface area contributed by atoms with Gasteiger partial charge < -0.3 is 9.47 Å². The maximum Gasteiger partial charge on any atom is 0.135 e. The van der Waals surface area contributed by atoms with Gasteiger partial charge in [0.2, 0.25) is 0 Å². The average molecular weight is 972 g/mol. The van der Waals surface area contributed by atoms with Crippen molar-refractivity contribution in [2.75, 3.05) is 0 Å². The van der Waals surface area contributed by atoms with Crippen LogP contribution in [0.5, 0.6) is 11.5 Å². The van der Waals surface area contributed by atoms with Crippen LogP contribution in [-0.2, 0) is 11.2 Å². The van der Waals surface area contributed by atoms with E-state index < -0.39 is 40.3 Å². The topological polar surface area (TPSA) is 57.1 Å². The zero-order chi connectivity index (χ0) is 50.9. The monoisotopic (exact) mass is 971 g/mol. The van der Waals surface area contributed by atoms with E-state index in [0.717, 1.165) is 45.6 Å². The fraction of sp³-hybridized carbons (Fsp3) is 0.0952. The summed E-state index contributed by atoms with van der Waals surface area (Å²) in [5.41, 5.74) is 7.44. The Morgan fingerprint density at radius 1 is 0.329 bits per heavy atom. The number of ether oxygens (including phenoxy) is 2. The highest BCUT2D eigenvalue weighted by molar-refractivity contribution is 5.93. The van der Waals surface area contributed by atoms with Crippen molar-refractivity contribution >= 4 is 0 Å². The summed E-state index contributed by atoms with van der Waals surface area (Å²) in [5, 5.41) is 0. The predicted molar refractivity (Wildman–Crippen MR) is 278 cm³/mol. The van der Waals surface area contributed by atoms with Crippen LogP contribution in [0.3, 0.4) is 0 Å². The van der Waals surface area contributed by atoms with Crippen molar-refractivity contribution in [2.24, 2.45) is 0 Å². The minimum absolute atomic E-state index is 0.152. The molecule has 10 heteroatoms. The van der Waals surface area contributed by atoms with Gasteiger partial charge in [-0.25, -0.2) is 22.0 Å². The molecule has 73 heavy (non-hydrogen) atoms. The van der Waals surface area contributed by atoms with Crippen LogP contribution in [0.25, 0.3) is 78.3 Å². The summed E-state index contributed by atoms with van der Waals surface area (Å²) in [6.07, 6.45) is 4.89. The highest BCUT2D eigenvalue weighted by Gasteiger charge is 2.28. The molecule has 360 valence electrons. The fourth-order valence-electron chi connectivity index (χ4n) is 8.94. The zero-order valence-electron chi connectivity index (χ0n) is 40.2. The van der Waals surface area contributed by atoms with Gasteiger partial charge in [-0.1, -0.05) is 109 Å². The standard InChI is InChI=1S/C63H46F5N3O2/c1-62(2,44-22-28-58(69-36-44)51-26-24-46(64)32-56(51)67)72-48-30-43(31-49(34-48)73-63(3,4)45-23-29-59(70-37-45)52-27-25-47(65)33-57(52)68)50-16-11-17-55(66)61(50)54-38-71-60(42-14-9-6-10-15-42)35-53(54)41-20-18-40(19-21-41)39-12-7-5-8-13-39/h5-38H,1-4H3. The number of rotatable bonds is 13. The third-order valence-corrected chi connectivity index (χ3v) is 12.8. The molecule has 0 atom stereocenters. The SMILES string of the molecule is CC(C)(Oc1cc(OC(C)(C)c2ccc(-c3ccc(F)cc3F)nc2)cc(-c2cccc(F)c2-c2cnc(-c3ccccc3)cc2-c2ccc(-c3ccccc3)cc2)c1)c1ccc(-c2ccc(F)cc2F)nc1. The number of halogens is 5. The van der Waals surface area contributed by atoms with Gasteiger partial charge in [0.05, 0.1) is 17.1 Å². The van der Waals surface area contributed by atoms with E-state index in [2.05, 4.69) is 34.2 Å². The number of nitrogens with zero attached hydrogens (tertiary/aromatic N) is 3. The average Bonchev–Trinajstić information content (AvgIpc) is 3.39. The van der Waals surface area contributed by atoms with Gasteiger partial charge in [0, 0.05) is 75.7 Å². The third kappa shape index (κ3) is 10.2. The van der Waals surface area contributed by atoms with Gasteiger partial charge in [-0.2, -0.15) is 0 Å². The molecule has 0 aliphatic heterocycles. The molecule has 0 spiro atoms. The summed E-state index contributed by atoms with van der Waals surface area (Å²) in [5.74, 6) is -2.58. The summed E-state index contributed by atoms with van der Waals surface area (Å²) in [7, 11) is 0. The first-order valence-electron chi connectivity index (χ1n) is 23.6. The van der Waals surface area contributed by atoms with Crippen molar-refractivity contribution in [3.8, 4) is 89.8 Å². The van der Waals surface area contributed by atoms with Crippen molar-refractivity contribution in [3.05, 3.63) is 247 Å². The molecule has 3 heterocycles. The molecule has 0 amide bonds. The second kappa shape index (κ2) is 19.8. The molecule has 5 nitrogen and oxygen atoms in total. The van der Waals surface area contributed by atoms with E-state index in [-0.39, 0.29) is 11.1 Å². The molecule has 0 aliphatic carbocycles. The van der Waals surface area contributed by atoms with Crippen molar-refractivity contribution in [1.82, 2.24) is 15.0 Å². The summed E-state index contributed by atoms with van der Waals surface area (Å²) in [4.78, 5) is 14.0. The van der Waals surface area contributed by atoms with E-state index in [1.807, 2.05) is 113 Å². The van der Waals surface area contributed by atoms with Crippen LogP contribution in [-0.4, -0.2) is 15.0 Å². The van der Waals surface area contributed by atoms with Crippen LogP contribution in [0.1, 0.15) is 38.8 Å². The highest BCUT2D eigenvalue weighted by Crippen LogP contribution is 2.44. The summed E-state index contributed by atoms with van der Waals surface area (Å²) in [6.45, 7) is 7.44. The van der Waals surface area contributed by atoms with Crippen LogP contribution in [0, 0.1) is 29.1 Å². The molecular weight excluding hydrogens is 926 g/mol. The lowest BCUT2D eigenvalue weighted by atomic mass is 9.88. The van der Waals surface area contributed by atoms with Crippen LogP contribution < -0.4 is 9.47 Å². The van der Waals surface area contributed by atoms with Crippen LogP contribution >= 0.6 is 0 Å². The zero-order valence-corrected chi connectivity index (χ0v) is 40.2. The van der Waals surface area contributed by atoms with Gasteiger partial charge in [0.25, 0.3) is 0 Å². The maximum atomic E-state index is 17.0. The number of hydrogen-bond donors (Lipinski definition) is 0. The molecule has 0 fully saturated rings. The second-order valence-corrected chi connectivity index (χ2v) is 18.6. The maximum absolute atomic E-state index is 17.0. The van der Waals surface area contributed by atoms with Crippen molar-refractivity contribution in [2.45, 2.75) is 38.9 Å². The first-order valence-corrected chi connectivity index (χ1v) is 23.6. The lowest BCUT2D eigenvalue weighted by Gasteiger charge is -2.30. The number of pyridine rings is 3. The smallest absolute Gasteiger partial charge is 0.135 e. The molecule has 3 aromatic heterocycles. The largest absolute Gasteiger partial charge is 0.483 e. The summed E-state index contributed by atoms with van der Waals surface area (Å²) < 4.78 is 87.7. The second-order valence-electron chi connectivity index (χ2n) is 18.6. The first-order chi connectivity index (χ1) is 35.2. The Labute approximate surface area is 420 Å². The number of benzene rings is 7. The van der Waals surface area contributed by atoms with Crippen molar-refractivity contribution < 1.29 is 31.4 Å². The molecule has 0 N–H and O–H groups in total. The number of hydrogen-bond acceptors (Lipinski definition) is 5. The van der Waals surface area contributed by atoms with E-state index >= 15 is 4.39 Å². The normalized spacial score (nSPS) is 11.6. The fourth-order valence-corrected chi connectivity index (χ4v) is 8.94. The molecule has 7 aromatic carbocycles. The Hall–Kier alpha value is -8.76. The van der Waals surface area contributed by atoms with Gasteiger partial charge in [-0.05, 0) is 122 Å². The molecule has 0 unspecified atom stereocenters. The number of aromatic nitrogens is 3. The lowest BCUT2D eigenvalue weighted by molar-refractivity contribution is 0.0989. The Morgan fingerprint density at radius 3 is 1.33 bits per heavy atom. The Morgan fingerprint density at radius 2 is 0.822 bits per heavy atom. The third-order valence-electron chi connectivity index (χ3n) is 12.8. The molecule has 0 radical (unpaired) electrons. The van der Waals surface area contributed by atoms with E-state index in [4.69, 9.17) is 14.5 Å². The molecule has 10 rings (SSSR count). The first kappa shape index (κ1) is 47.9. The Bertz CT molecular complexity index is 3480. The summed E-state index contributed by atoms with van der Waals surface area (Å²) >= 11 is 0. The minimum atomic E-state index is -1.05. The van der Waals surface area contributed by atoms with Crippen LogP contribution in [0.4, 0.5) is 22.0 Å².